The van der Waals surface area contributed by atoms with Crippen molar-refractivity contribution in [3.05, 3.63) is 0 Å². The Labute approximate surface area is 172 Å². The summed E-state index contributed by atoms with van der Waals surface area (Å²) in [5, 5.41) is 2.94. The van der Waals surface area contributed by atoms with Crippen LogP contribution in [0.4, 0.5) is 9.59 Å². The monoisotopic (exact) mass is 439 g/mol. The molecule has 0 aromatic carbocycles. The largest absolute Gasteiger partial charge is 0.508 e. The minimum absolute atomic E-state index is 0.0143. The molecular formula is C18H34NO9P. The Bertz CT molecular complexity index is 480. The van der Waals surface area contributed by atoms with E-state index in [1.807, 2.05) is 13.8 Å². The number of hydrogen-bond acceptors (Lipinski definition) is 9. The van der Waals surface area contributed by atoms with Crippen LogP contribution in [0.3, 0.4) is 0 Å². The molecule has 0 aromatic heterocycles. The summed E-state index contributed by atoms with van der Waals surface area (Å²) in [6.45, 7) is 3.78. The van der Waals surface area contributed by atoms with Gasteiger partial charge in [0, 0.05) is 6.04 Å². The molecule has 29 heavy (non-hydrogen) atoms. The van der Waals surface area contributed by atoms with Gasteiger partial charge in [-0.3, -0.25) is 9.05 Å². The lowest BCUT2D eigenvalue weighted by molar-refractivity contribution is 0.0370. The Kier molecular flexibility index (Phi) is 13.7. The zero-order valence-corrected chi connectivity index (χ0v) is 18.3. The number of ether oxygens (including phenoxy) is 4. The van der Waals surface area contributed by atoms with E-state index < -0.39 is 20.1 Å². The van der Waals surface area contributed by atoms with Gasteiger partial charge in [-0.15, -0.1) is 0 Å². The van der Waals surface area contributed by atoms with Gasteiger partial charge in [-0.1, -0.05) is 33.1 Å². The molecule has 0 bridgehead atoms. The van der Waals surface area contributed by atoms with Crippen LogP contribution in [0, 0.1) is 0 Å². The summed E-state index contributed by atoms with van der Waals surface area (Å²) in [5.41, 5.74) is 0. The first-order chi connectivity index (χ1) is 14.0. The molecule has 0 saturated heterocycles. The molecule has 0 radical (unpaired) electrons. The smallest absolute Gasteiger partial charge is 0.434 e. The van der Waals surface area contributed by atoms with Crippen molar-refractivity contribution in [3.63, 3.8) is 0 Å². The maximum Gasteiger partial charge on any atom is 0.508 e. The number of carbonyl (C=O) groups excluding carboxylic acids is 2. The Morgan fingerprint density at radius 1 is 0.759 bits per heavy atom. The normalized spacial score (nSPS) is 15.0. The van der Waals surface area contributed by atoms with Crippen molar-refractivity contribution in [1.82, 2.24) is 5.09 Å². The van der Waals surface area contributed by atoms with Gasteiger partial charge in [0.05, 0.1) is 26.4 Å². The lowest BCUT2D eigenvalue weighted by atomic mass is 9.96. The highest BCUT2D eigenvalue weighted by molar-refractivity contribution is 7.51. The summed E-state index contributed by atoms with van der Waals surface area (Å²) in [6.07, 6.45) is 4.74. The van der Waals surface area contributed by atoms with Crippen LogP contribution in [0.25, 0.3) is 0 Å². The molecule has 1 N–H and O–H groups in total. The van der Waals surface area contributed by atoms with Crippen LogP contribution >= 0.6 is 7.75 Å². The maximum atomic E-state index is 13.0. The molecule has 10 nitrogen and oxygen atoms in total. The van der Waals surface area contributed by atoms with E-state index in [1.54, 1.807) is 0 Å². The predicted molar refractivity (Wildman–Crippen MR) is 105 cm³/mol. The summed E-state index contributed by atoms with van der Waals surface area (Å²) in [6, 6.07) is 0.0143. The summed E-state index contributed by atoms with van der Waals surface area (Å²) >= 11 is 0. The zero-order valence-electron chi connectivity index (χ0n) is 17.4. The Balaban J connectivity index is 2.40. The minimum atomic E-state index is -3.66. The van der Waals surface area contributed by atoms with Crippen molar-refractivity contribution in [2.75, 3.05) is 39.6 Å². The number of hydrogen-bond donors (Lipinski definition) is 1. The van der Waals surface area contributed by atoms with Gasteiger partial charge < -0.3 is 18.9 Å². The quantitative estimate of drug-likeness (QED) is 0.240. The molecule has 170 valence electrons. The number of carbonyl (C=O) groups is 2. The first-order valence-corrected chi connectivity index (χ1v) is 11.8. The first-order valence-electron chi connectivity index (χ1n) is 10.2. The maximum absolute atomic E-state index is 13.0. The second-order valence-corrected chi connectivity index (χ2v) is 8.29. The predicted octanol–water partition coefficient (Wildman–Crippen LogP) is 4.18. The molecule has 1 rings (SSSR count). The van der Waals surface area contributed by atoms with Gasteiger partial charge in [0.15, 0.2) is 0 Å². The van der Waals surface area contributed by atoms with E-state index in [-0.39, 0.29) is 45.7 Å². The van der Waals surface area contributed by atoms with Crippen LogP contribution < -0.4 is 5.09 Å². The third-order valence-electron chi connectivity index (χ3n) is 3.92. The molecule has 1 saturated carbocycles. The molecule has 1 aliphatic rings. The number of nitrogens with one attached hydrogen (secondary N) is 1. The molecule has 1 fully saturated rings. The molecule has 0 aromatic rings. The SMILES string of the molecule is CCCOC(=O)OCCOP(=O)(NC1CCCCC1)OCCOC(=O)OCCC. The lowest BCUT2D eigenvalue weighted by Crippen LogP contribution is -2.31. The average Bonchev–Trinajstić information content (AvgIpc) is 2.72. The van der Waals surface area contributed by atoms with Crippen LogP contribution in [0.1, 0.15) is 58.8 Å². The fourth-order valence-electron chi connectivity index (χ4n) is 2.59. The second-order valence-electron chi connectivity index (χ2n) is 6.52. The van der Waals surface area contributed by atoms with Crippen molar-refractivity contribution >= 4 is 20.1 Å². The van der Waals surface area contributed by atoms with E-state index in [1.165, 1.54) is 0 Å². The van der Waals surface area contributed by atoms with E-state index in [9.17, 15) is 14.2 Å². The molecule has 0 heterocycles. The van der Waals surface area contributed by atoms with Crippen LogP contribution in [0.15, 0.2) is 0 Å². The minimum Gasteiger partial charge on any atom is -0.434 e. The van der Waals surface area contributed by atoms with Crippen molar-refractivity contribution in [3.8, 4) is 0 Å². The van der Waals surface area contributed by atoms with Crippen molar-refractivity contribution in [1.29, 1.82) is 0 Å². The molecule has 1 aliphatic carbocycles. The summed E-state index contributed by atoms with van der Waals surface area (Å²) in [7, 11) is -3.66. The summed E-state index contributed by atoms with van der Waals surface area (Å²) < 4.78 is 43.0. The van der Waals surface area contributed by atoms with E-state index in [0.29, 0.717) is 12.8 Å². The third-order valence-corrected chi connectivity index (χ3v) is 5.65. The van der Waals surface area contributed by atoms with Crippen molar-refractivity contribution in [2.45, 2.75) is 64.8 Å². The van der Waals surface area contributed by atoms with Gasteiger partial charge in [0.1, 0.15) is 13.2 Å². The topological polar surface area (TPSA) is 119 Å². The van der Waals surface area contributed by atoms with Crippen molar-refractivity contribution < 1.29 is 42.1 Å². The van der Waals surface area contributed by atoms with Gasteiger partial charge >= 0.3 is 20.1 Å². The third kappa shape index (κ3) is 12.7. The Morgan fingerprint density at radius 3 is 1.66 bits per heavy atom. The van der Waals surface area contributed by atoms with Crippen LogP contribution in [0.5, 0.6) is 0 Å². The average molecular weight is 439 g/mol. The second kappa shape index (κ2) is 15.5. The van der Waals surface area contributed by atoms with Crippen LogP contribution in [0.2, 0.25) is 0 Å². The lowest BCUT2D eigenvalue weighted by Gasteiger charge is -2.27. The van der Waals surface area contributed by atoms with Gasteiger partial charge in [0.25, 0.3) is 0 Å². The molecule has 0 unspecified atom stereocenters. The zero-order chi connectivity index (χ0) is 21.4. The first kappa shape index (κ1) is 25.7. The Morgan fingerprint density at radius 2 is 1.21 bits per heavy atom. The Hall–Kier alpha value is -1.35. The molecule has 0 spiro atoms. The standard InChI is InChI=1S/C18H34NO9P/c1-3-10-23-17(20)25-12-14-27-29(22,19-16-8-6-5-7-9-16)28-15-13-26-18(21)24-11-4-2/h16H,3-15H2,1-2H3,(H,19,22). The fraction of sp³-hybridized carbons (Fsp3) is 0.889. The summed E-state index contributed by atoms with van der Waals surface area (Å²) in [4.78, 5) is 22.6. The van der Waals surface area contributed by atoms with Crippen molar-refractivity contribution in [2.24, 2.45) is 0 Å². The van der Waals surface area contributed by atoms with E-state index in [0.717, 1.165) is 32.1 Å². The van der Waals surface area contributed by atoms with E-state index in [2.05, 4.69) is 5.09 Å². The molecule has 11 heteroatoms. The van der Waals surface area contributed by atoms with E-state index in [4.69, 9.17) is 28.0 Å². The van der Waals surface area contributed by atoms with Gasteiger partial charge in [-0.05, 0) is 25.7 Å². The molecule has 0 aliphatic heterocycles. The van der Waals surface area contributed by atoms with Gasteiger partial charge in [-0.25, -0.2) is 19.2 Å². The summed E-state index contributed by atoms with van der Waals surface area (Å²) in [5.74, 6) is 0. The fourth-order valence-corrected chi connectivity index (χ4v) is 4.14. The highest BCUT2D eigenvalue weighted by Crippen LogP contribution is 2.45. The van der Waals surface area contributed by atoms with Crippen LogP contribution in [-0.4, -0.2) is 58.0 Å². The highest BCUT2D eigenvalue weighted by Gasteiger charge is 2.29. The molecular weight excluding hydrogens is 405 g/mol. The van der Waals surface area contributed by atoms with Gasteiger partial charge in [-0.2, -0.15) is 0 Å². The molecule has 0 amide bonds. The van der Waals surface area contributed by atoms with Gasteiger partial charge in [0.2, 0.25) is 0 Å². The number of rotatable bonds is 14. The van der Waals surface area contributed by atoms with E-state index >= 15 is 0 Å². The molecule has 0 atom stereocenters. The highest BCUT2D eigenvalue weighted by atomic mass is 31.2. The van der Waals surface area contributed by atoms with Crippen LogP contribution in [-0.2, 0) is 32.6 Å².